The number of Topliss-reactive ketones (excluding diaryl/α,β-unsaturated/α-hetero) is 1. The number of ketones is 1. The molecule has 0 spiro atoms. The zero-order valence-corrected chi connectivity index (χ0v) is 15.2. The van der Waals surface area contributed by atoms with Crippen molar-refractivity contribution in [1.29, 1.82) is 0 Å². The van der Waals surface area contributed by atoms with Crippen LogP contribution in [0.3, 0.4) is 0 Å². The number of ether oxygens (including phenoxy) is 1. The third-order valence-electron chi connectivity index (χ3n) is 5.08. The van der Waals surface area contributed by atoms with E-state index in [0.717, 1.165) is 24.0 Å². The zero-order valence-electron chi connectivity index (χ0n) is 15.2. The van der Waals surface area contributed by atoms with Gasteiger partial charge in [0.05, 0.1) is 6.61 Å². The Morgan fingerprint density at radius 3 is 2.16 bits per heavy atom. The van der Waals surface area contributed by atoms with Crippen LogP contribution >= 0.6 is 0 Å². The summed E-state index contributed by atoms with van der Waals surface area (Å²) in [6, 6.07) is 15.3. The van der Waals surface area contributed by atoms with Crippen LogP contribution in [0.15, 0.2) is 42.5 Å². The first-order chi connectivity index (χ1) is 12.3. The second-order valence-electron chi connectivity index (χ2n) is 6.99. The fourth-order valence-electron chi connectivity index (χ4n) is 3.45. The van der Waals surface area contributed by atoms with Gasteiger partial charge in [0.2, 0.25) is 0 Å². The molecular formula is C23H28O2. The zero-order chi connectivity index (χ0) is 17.5. The summed E-state index contributed by atoms with van der Waals surface area (Å²) in [5.41, 5.74) is 6.06. The van der Waals surface area contributed by atoms with Crippen LogP contribution in [-0.2, 0) is 30.6 Å². The lowest BCUT2D eigenvalue weighted by molar-refractivity contribution is 0.0665. The monoisotopic (exact) mass is 336 g/mol. The van der Waals surface area contributed by atoms with Crippen LogP contribution in [0.25, 0.3) is 0 Å². The molecule has 2 nitrogen and oxygen atoms in total. The molecule has 0 N–H and O–H groups in total. The van der Waals surface area contributed by atoms with E-state index in [1.165, 1.54) is 48.8 Å². The summed E-state index contributed by atoms with van der Waals surface area (Å²) in [4.78, 5) is 11.9. The lowest BCUT2D eigenvalue weighted by Gasteiger charge is -2.16. The van der Waals surface area contributed by atoms with Crippen LogP contribution in [0.5, 0.6) is 0 Å². The molecule has 0 atom stereocenters. The molecule has 0 saturated heterocycles. The maximum atomic E-state index is 11.9. The number of benzene rings is 2. The Labute approximate surface area is 151 Å². The molecule has 0 unspecified atom stereocenters. The van der Waals surface area contributed by atoms with E-state index in [4.69, 9.17) is 4.74 Å². The molecule has 0 amide bonds. The van der Waals surface area contributed by atoms with Gasteiger partial charge in [-0.3, -0.25) is 4.79 Å². The lowest BCUT2D eigenvalue weighted by atomic mass is 9.96. The van der Waals surface area contributed by atoms with Gasteiger partial charge in [-0.15, -0.1) is 0 Å². The fourth-order valence-corrected chi connectivity index (χ4v) is 3.45. The quantitative estimate of drug-likeness (QED) is 0.611. The number of unbranched alkanes of at least 4 members (excludes halogenated alkanes) is 3. The number of hydrogen-bond donors (Lipinski definition) is 0. The van der Waals surface area contributed by atoms with E-state index in [1.807, 2.05) is 0 Å². The van der Waals surface area contributed by atoms with Crippen molar-refractivity contribution in [1.82, 2.24) is 0 Å². The van der Waals surface area contributed by atoms with E-state index in [2.05, 4.69) is 49.4 Å². The van der Waals surface area contributed by atoms with Crippen molar-refractivity contribution in [2.45, 2.75) is 58.5 Å². The van der Waals surface area contributed by atoms with Crippen LogP contribution in [0.4, 0.5) is 0 Å². The van der Waals surface area contributed by atoms with Gasteiger partial charge in [-0.1, -0.05) is 56.2 Å². The number of carbonyl (C=O) groups is 1. The third kappa shape index (κ3) is 5.02. The smallest absolute Gasteiger partial charge is 0.188 e. The highest BCUT2D eigenvalue weighted by Crippen LogP contribution is 2.20. The summed E-state index contributed by atoms with van der Waals surface area (Å²) in [5.74, 6) is 0.122. The topological polar surface area (TPSA) is 26.3 Å². The average Bonchev–Trinajstić information content (AvgIpc) is 2.65. The Kier molecular flexibility index (Phi) is 6.41. The molecule has 0 aromatic heterocycles. The van der Waals surface area contributed by atoms with Crippen molar-refractivity contribution >= 4 is 5.78 Å². The van der Waals surface area contributed by atoms with Crippen molar-refractivity contribution in [3.63, 3.8) is 0 Å². The van der Waals surface area contributed by atoms with Gasteiger partial charge >= 0.3 is 0 Å². The van der Waals surface area contributed by atoms with Gasteiger partial charge < -0.3 is 4.74 Å². The van der Waals surface area contributed by atoms with Gasteiger partial charge in [-0.05, 0) is 60.4 Å². The first kappa shape index (κ1) is 17.9. The van der Waals surface area contributed by atoms with Crippen molar-refractivity contribution in [3.05, 3.63) is 70.3 Å². The largest absolute Gasteiger partial charge is 0.369 e. The number of aryl methyl sites for hydroxylation is 3. The minimum Gasteiger partial charge on any atom is -0.369 e. The number of rotatable bonds is 8. The number of fused-ring (bicyclic) bond motifs is 1. The molecule has 0 radical (unpaired) electrons. The molecule has 2 aromatic carbocycles. The molecule has 2 heteroatoms. The van der Waals surface area contributed by atoms with E-state index >= 15 is 0 Å². The molecule has 0 fully saturated rings. The van der Waals surface area contributed by atoms with E-state index in [1.54, 1.807) is 0 Å². The standard InChI is InChI=1S/C23H28O2/c1-2-18-9-11-19(12-10-18)7-5-3-4-6-8-20-13-14-21-16-25-17-23(24)22(21)15-20/h9-15H,2-8,16-17H2,1H3. The predicted molar refractivity (Wildman–Crippen MR) is 102 cm³/mol. The van der Waals surface area contributed by atoms with Crippen LogP contribution in [0, 0.1) is 0 Å². The first-order valence-corrected chi connectivity index (χ1v) is 9.57. The molecule has 2 aromatic rings. The van der Waals surface area contributed by atoms with Crippen LogP contribution in [0.2, 0.25) is 0 Å². The predicted octanol–water partition coefficient (Wildman–Crippen LogP) is 5.31. The molecule has 3 rings (SSSR count). The third-order valence-corrected chi connectivity index (χ3v) is 5.08. The van der Waals surface area contributed by atoms with E-state index < -0.39 is 0 Å². The fraction of sp³-hybridized carbons (Fsp3) is 0.435. The van der Waals surface area contributed by atoms with Crippen molar-refractivity contribution < 1.29 is 9.53 Å². The Morgan fingerprint density at radius 1 is 0.800 bits per heavy atom. The highest BCUT2D eigenvalue weighted by Gasteiger charge is 2.17. The molecule has 0 bridgehead atoms. The average molecular weight is 336 g/mol. The van der Waals surface area contributed by atoms with Crippen molar-refractivity contribution in [2.24, 2.45) is 0 Å². The van der Waals surface area contributed by atoms with Crippen LogP contribution in [-0.4, -0.2) is 12.4 Å². The van der Waals surface area contributed by atoms with E-state index in [9.17, 15) is 4.79 Å². The van der Waals surface area contributed by atoms with Crippen molar-refractivity contribution in [2.75, 3.05) is 6.61 Å². The normalized spacial score (nSPS) is 13.7. The Bertz CT molecular complexity index is 701. The summed E-state index contributed by atoms with van der Waals surface area (Å²) in [5, 5.41) is 0. The maximum Gasteiger partial charge on any atom is 0.188 e. The molecule has 0 saturated carbocycles. The van der Waals surface area contributed by atoms with Gasteiger partial charge in [0.1, 0.15) is 6.61 Å². The Hall–Kier alpha value is -1.93. The highest BCUT2D eigenvalue weighted by molar-refractivity contribution is 5.99. The van der Waals surface area contributed by atoms with Crippen molar-refractivity contribution in [3.8, 4) is 0 Å². The summed E-state index contributed by atoms with van der Waals surface area (Å²) >= 11 is 0. The highest BCUT2D eigenvalue weighted by atomic mass is 16.5. The van der Waals surface area contributed by atoms with Gasteiger partial charge in [0.15, 0.2) is 5.78 Å². The molecular weight excluding hydrogens is 308 g/mol. The summed E-state index contributed by atoms with van der Waals surface area (Å²) in [7, 11) is 0. The first-order valence-electron chi connectivity index (χ1n) is 9.57. The van der Waals surface area contributed by atoms with E-state index in [0.29, 0.717) is 6.61 Å². The molecule has 1 aliphatic heterocycles. The summed E-state index contributed by atoms with van der Waals surface area (Å²) < 4.78 is 5.27. The van der Waals surface area contributed by atoms with Gasteiger partial charge in [0.25, 0.3) is 0 Å². The SMILES string of the molecule is CCc1ccc(CCCCCCc2ccc3c(c2)C(=O)COC3)cc1. The molecule has 132 valence electrons. The van der Waals surface area contributed by atoms with Crippen LogP contribution in [0.1, 0.15) is 65.2 Å². The lowest BCUT2D eigenvalue weighted by Crippen LogP contribution is -2.18. The van der Waals surface area contributed by atoms with Gasteiger partial charge in [-0.25, -0.2) is 0 Å². The maximum absolute atomic E-state index is 11.9. The Morgan fingerprint density at radius 2 is 1.44 bits per heavy atom. The second kappa shape index (κ2) is 8.96. The van der Waals surface area contributed by atoms with Crippen LogP contribution < -0.4 is 0 Å². The van der Waals surface area contributed by atoms with Gasteiger partial charge in [0, 0.05) is 5.56 Å². The summed E-state index contributed by atoms with van der Waals surface area (Å²) in [6.07, 6.45) is 8.32. The number of hydrogen-bond acceptors (Lipinski definition) is 2. The number of carbonyl (C=O) groups excluding carboxylic acids is 1. The molecule has 1 heterocycles. The summed E-state index contributed by atoms with van der Waals surface area (Å²) in [6.45, 7) is 3.00. The molecule has 0 aliphatic carbocycles. The minimum atomic E-state index is 0.122. The molecule has 25 heavy (non-hydrogen) atoms. The van der Waals surface area contributed by atoms with E-state index in [-0.39, 0.29) is 12.4 Å². The minimum absolute atomic E-state index is 0.122. The van der Waals surface area contributed by atoms with Gasteiger partial charge in [-0.2, -0.15) is 0 Å². The Balaban J connectivity index is 1.37. The molecule has 1 aliphatic rings. The second-order valence-corrected chi connectivity index (χ2v) is 6.99.